The number of hydrogen-bond donors (Lipinski definition) is 0. The molecule has 6 heteroatoms. The van der Waals surface area contributed by atoms with Crippen molar-refractivity contribution in [1.29, 1.82) is 0 Å². The van der Waals surface area contributed by atoms with E-state index in [0.29, 0.717) is 5.56 Å². The molecule has 22 heavy (non-hydrogen) atoms. The van der Waals surface area contributed by atoms with Gasteiger partial charge >= 0.3 is 0 Å². The molecule has 0 radical (unpaired) electrons. The van der Waals surface area contributed by atoms with Crippen LogP contribution in [0, 0.1) is 6.01 Å². The fourth-order valence-corrected chi connectivity index (χ4v) is 2.99. The summed E-state index contributed by atoms with van der Waals surface area (Å²) in [7, 11) is 0. The van der Waals surface area contributed by atoms with Crippen LogP contribution in [-0.2, 0) is 25.6 Å². The van der Waals surface area contributed by atoms with Gasteiger partial charge in [0.25, 0.3) is 6.01 Å². The SMILES string of the molecule is CCCC[C@H]1O[C@@H]2OC(C)(C)O[C@@H]2[C@H]1OCc1ccoc1F. The largest absolute Gasteiger partial charge is 0.439 e. The van der Waals surface area contributed by atoms with Gasteiger partial charge in [-0.3, -0.25) is 0 Å². The molecule has 5 nitrogen and oxygen atoms in total. The predicted octanol–water partition coefficient (Wildman–Crippen LogP) is 3.37. The summed E-state index contributed by atoms with van der Waals surface area (Å²) in [5.74, 6) is -0.687. The Morgan fingerprint density at radius 2 is 2.14 bits per heavy atom. The molecule has 124 valence electrons. The molecule has 0 unspecified atom stereocenters. The number of hydrogen-bond acceptors (Lipinski definition) is 5. The number of fused-ring (bicyclic) bond motifs is 1. The van der Waals surface area contributed by atoms with Gasteiger partial charge in [0, 0.05) is 0 Å². The van der Waals surface area contributed by atoms with Gasteiger partial charge in [-0.25, -0.2) is 0 Å². The van der Waals surface area contributed by atoms with Gasteiger partial charge in [-0.05, 0) is 26.3 Å². The Bertz CT molecular complexity index is 500. The molecular formula is C16H23FO5. The summed E-state index contributed by atoms with van der Waals surface area (Å²) in [5.41, 5.74) is 0.399. The van der Waals surface area contributed by atoms with Crippen LogP contribution in [0.3, 0.4) is 0 Å². The van der Waals surface area contributed by atoms with Crippen LogP contribution in [0.1, 0.15) is 45.6 Å². The van der Waals surface area contributed by atoms with Gasteiger partial charge in [0.05, 0.1) is 24.5 Å². The third-order valence-corrected chi connectivity index (χ3v) is 4.05. The van der Waals surface area contributed by atoms with Crippen molar-refractivity contribution in [3.63, 3.8) is 0 Å². The molecule has 0 amide bonds. The van der Waals surface area contributed by atoms with Crippen molar-refractivity contribution in [3.05, 3.63) is 23.9 Å². The summed E-state index contributed by atoms with van der Waals surface area (Å²) >= 11 is 0. The first-order valence-corrected chi connectivity index (χ1v) is 7.85. The molecule has 0 saturated carbocycles. The summed E-state index contributed by atoms with van der Waals surface area (Å²) in [5, 5.41) is 0. The summed E-state index contributed by atoms with van der Waals surface area (Å²) in [6, 6.07) is 0.962. The molecule has 2 aliphatic heterocycles. The van der Waals surface area contributed by atoms with Crippen molar-refractivity contribution in [1.82, 2.24) is 0 Å². The summed E-state index contributed by atoms with van der Waals surface area (Å²) in [4.78, 5) is 0. The molecule has 0 spiro atoms. The van der Waals surface area contributed by atoms with Gasteiger partial charge in [-0.15, -0.1) is 0 Å². The average Bonchev–Trinajstić information content (AvgIpc) is 3.07. The molecule has 0 aromatic carbocycles. The van der Waals surface area contributed by atoms with Crippen molar-refractivity contribution in [2.45, 2.75) is 77.0 Å². The van der Waals surface area contributed by atoms with E-state index in [-0.39, 0.29) is 24.9 Å². The highest BCUT2D eigenvalue weighted by atomic mass is 19.1. The van der Waals surface area contributed by atoms with Crippen LogP contribution in [-0.4, -0.2) is 30.4 Å². The molecule has 0 bridgehead atoms. The van der Waals surface area contributed by atoms with Gasteiger partial charge in [-0.1, -0.05) is 19.8 Å². The molecule has 3 heterocycles. The van der Waals surface area contributed by atoms with Crippen LogP contribution in [0.25, 0.3) is 0 Å². The topological polar surface area (TPSA) is 50.1 Å². The van der Waals surface area contributed by atoms with Gasteiger partial charge in [0.15, 0.2) is 12.1 Å². The number of furan rings is 1. The minimum Gasteiger partial charge on any atom is -0.439 e. The van der Waals surface area contributed by atoms with Crippen LogP contribution in [0.2, 0.25) is 0 Å². The highest BCUT2D eigenvalue weighted by Crippen LogP contribution is 2.40. The van der Waals surface area contributed by atoms with Gasteiger partial charge < -0.3 is 23.4 Å². The maximum absolute atomic E-state index is 13.4. The van der Waals surface area contributed by atoms with Crippen LogP contribution in [0.5, 0.6) is 0 Å². The molecule has 2 saturated heterocycles. The van der Waals surface area contributed by atoms with Crippen LogP contribution >= 0.6 is 0 Å². The Morgan fingerprint density at radius 1 is 1.32 bits per heavy atom. The molecule has 0 N–H and O–H groups in total. The standard InChI is InChI=1S/C16H23FO5/c1-4-5-6-11-12(19-9-10-7-8-18-14(10)17)13-15(20-11)22-16(2,3)21-13/h7-8,11-13,15H,4-6,9H2,1-3H3/t11-,12+,13-,15-/m1/s1. The number of halogens is 1. The second-order valence-electron chi connectivity index (χ2n) is 6.28. The molecular weight excluding hydrogens is 291 g/mol. The summed E-state index contributed by atoms with van der Waals surface area (Å²) < 4.78 is 41.6. The van der Waals surface area contributed by atoms with Gasteiger partial charge in [-0.2, -0.15) is 4.39 Å². The fraction of sp³-hybridized carbons (Fsp3) is 0.750. The third-order valence-electron chi connectivity index (χ3n) is 4.05. The van der Waals surface area contributed by atoms with Crippen molar-refractivity contribution < 1.29 is 27.8 Å². The van der Waals surface area contributed by atoms with Crippen molar-refractivity contribution in [2.24, 2.45) is 0 Å². The van der Waals surface area contributed by atoms with E-state index in [4.69, 9.17) is 18.9 Å². The lowest BCUT2D eigenvalue weighted by molar-refractivity contribution is -0.219. The first-order chi connectivity index (χ1) is 10.5. The van der Waals surface area contributed by atoms with Crippen molar-refractivity contribution in [3.8, 4) is 0 Å². The Labute approximate surface area is 129 Å². The average molecular weight is 314 g/mol. The minimum atomic E-state index is -0.687. The van der Waals surface area contributed by atoms with E-state index in [2.05, 4.69) is 11.3 Å². The first kappa shape index (κ1) is 15.9. The molecule has 1 aromatic heterocycles. The zero-order chi connectivity index (χ0) is 15.7. The van der Waals surface area contributed by atoms with Crippen molar-refractivity contribution >= 4 is 0 Å². The molecule has 2 aliphatic rings. The molecule has 1 aromatic rings. The summed E-state index contributed by atoms with van der Waals surface area (Å²) in [6.45, 7) is 5.96. The van der Waals surface area contributed by atoms with Crippen LogP contribution in [0.15, 0.2) is 16.7 Å². The zero-order valence-corrected chi connectivity index (χ0v) is 13.2. The lowest BCUT2D eigenvalue weighted by Crippen LogP contribution is -2.36. The number of unbranched alkanes of at least 4 members (excludes halogenated alkanes) is 1. The first-order valence-electron chi connectivity index (χ1n) is 7.85. The number of ether oxygens (including phenoxy) is 4. The monoisotopic (exact) mass is 314 g/mol. The molecule has 2 fully saturated rings. The minimum absolute atomic E-state index is 0.0963. The Morgan fingerprint density at radius 3 is 2.82 bits per heavy atom. The van der Waals surface area contributed by atoms with E-state index in [1.165, 1.54) is 6.26 Å². The fourth-order valence-electron chi connectivity index (χ4n) is 2.99. The second kappa shape index (κ2) is 6.28. The summed E-state index contributed by atoms with van der Waals surface area (Å²) in [6.07, 6.45) is 3.22. The Kier molecular flexibility index (Phi) is 4.54. The van der Waals surface area contributed by atoms with E-state index >= 15 is 0 Å². The van der Waals surface area contributed by atoms with Gasteiger partial charge in [0.1, 0.15) is 12.2 Å². The normalized spacial score (nSPS) is 33.3. The van der Waals surface area contributed by atoms with Crippen molar-refractivity contribution in [2.75, 3.05) is 0 Å². The highest BCUT2D eigenvalue weighted by Gasteiger charge is 2.55. The van der Waals surface area contributed by atoms with Gasteiger partial charge in [0.2, 0.25) is 0 Å². The van der Waals surface area contributed by atoms with E-state index in [1.54, 1.807) is 6.07 Å². The lowest BCUT2D eigenvalue weighted by atomic mass is 10.1. The predicted molar refractivity (Wildman–Crippen MR) is 75.5 cm³/mol. The number of rotatable bonds is 6. The molecule has 0 aliphatic carbocycles. The van der Waals surface area contributed by atoms with Crippen LogP contribution < -0.4 is 0 Å². The third kappa shape index (κ3) is 3.20. The van der Waals surface area contributed by atoms with E-state index in [1.807, 2.05) is 13.8 Å². The highest BCUT2D eigenvalue weighted by molar-refractivity contribution is 5.06. The Balaban J connectivity index is 1.67. The maximum Gasteiger partial charge on any atom is 0.283 e. The molecule has 3 rings (SSSR count). The zero-order valence-electron chi connectivity index (χ0n) is 13.2. The van der Waals surface area contributed by atoms with Crippen LogP contribution in [0.4, 0.5) is 4.39 Å². The molecule has 4 atom stereocenters. The smallest absolute Gasteiger partial charge is 0.283 e. The Hall–Kier alpha value is -0.950. The van der Waals surface area contributed by atoms with E-state index in [9.17, 15) is 4.39 Å². The quantitative estimate of drug-likeness (QED) is 0.806. The second-order valence-corrected chi connectivity index (χ2v) is 6.28. The van der Waals surface area contributed by atoms with E-state index < -0.39 is 18.1 Å². The lowest BCUT2D eigenvalue weighted by Gasteiger charge is -2.25. The van der Waals surface area contributed by atoms with E-state index in [0.717, 1.165) is 19.3 Å². The maximum atomic E-state index is 13.4.